The fourth-order valence-electron chi connectivity index (χ4n) is 4.81. The molecule has 3 aromatic heterocycles. The van der Waals surface area contributed by atoms with Gasteiger partial charge in [0, 0.05) is 35.1 Å². The number of para-hydroxylation sites is 1. The Morgan fingerprint density at radius 3 is 2.97 bits per heavy atom. The van der Waals surface area contributed by atoms with Crippen LogP contribution < -0.4 is 15.8 Å². The summed E-state index contributed by atoms with van der Waals surface area (Å²) in [6, 6.07) is 15.0. The van der Waals surface area contributed by atoms with Crippen LogP contribution >= 0.6 is 0 Å². The number of nitrogens with two attached hydrogens (primary N) is 1. The van der Waals surface area contributed by atoms with E-state index < -0.39 is 0 Å². The van der Waals surface area contributed by atoms with Gasteiger partial charge in [0.15, 0.2) is 0 Å². The molecule has 0 saturated carbocycles. The Kier molecular flexibility index (Phi) is 5.05. The monoisotopic (exact) mass is 443 g/mol. The van der Waals surface area contributed by atoms with Crippen LogP contribution in [-0.2, 0) is 4.74 Å². The molecule has 7 heteroatoms. The van der Waals surface area contributed by atoms with Crippen LogP contribution in [0, 0.1) is 5.41 Å². The zero-order chi connectivity index (χ0) is 22.4. The summed E-state index contributed by atoms with van der Waals surface area (Å²) in [5.41, 5.74) is 11.3. The van der Waals surface area contributed by atoms with Crippen molar-refractivity contribution in [3.05, 3.63) is 60.4 Å². The molecule has 4 aromatic rings. The van der Waals surface area contributed by atoms with Gasteiger partial charge >= 0.3 is 0 Å². The summed E-state index contributed by atoms with van der Waals surface area (Å²) in [6.07, 6.45) is 5.83. The number of nitrogens with one attached hydrogen (secondary N) is 1. The normalized spacial score (nSPS) is 22.4. The number of hydrogen-bond donors (Lipinski definition) is 2. The average Bonchev–Trinajstić information content (AvgIpc) is 3.24. The molecule has 3 N–H and O–H groups in total. The van der Waals surface area contributed by atoms with E-state index in [0.29, 0.717) is 6.61 Å². The first-order valence-electron chi connectivity index (χ1n) is 11.6. The van der Waals surface area contributed by atoms with Gasteiger partial charge in [-0.1, -0.05) is 31.2 Å². The number of aromatic nitrogens is 3. The van der Waals surface area contributed by atoms with Crippen molar-refractivity contribution in [2.75, 3.05) is 26.4 Å². The van der Waals surface area contributed by atoms with Gasteiger partial charge < -0.3 is 20.5 Å². The summed E-state index contributed by atoms with van der Waals surface area (Å²) in [7, 11) is 0. The molecular weight excluding hydrogens is 414 g/mol. The number of benzene rings is 1. The minimum absolute atomic E-state index is 0.108. The number of piperidine rings is 1. The second-order valence-electron chi connectivity index (χ2n) is 9.73. The topological polar surface area (TPSA) is 86.7 Å². The maximum atomic E-state index is 6.26. The van der Waals surface area contributed by atoms with Crippen LogP contribution in [-0.4, -0.2) is 46.8 Å². The lowest BCUT2D eigenvalue weighted by molar-refractivity contribution is -0.120. The number of rotatable bonds is 5. The summed E-state index contributed by atoms with van der Waals surface area (Å²) in [4.78, 5) is 9.72. The first kappa shape index (κ1) is 20.6. The smallest absolute Gasteiger partial charge is 0.140 e. The summed E-state index contributed by atoms with van der Waals surface area (Å²) >= 11 is 0. The van der Waals surface area contributed by atoms with E-state index in [-0.39, 0.29) is 17.5 Å². The highest BCUT2D eigenvalue weighted by molar-refractivity contribution is 5.84. The summed E-state index contributed by atoms with van der Waals surface area (Å²) < 4.78 is 13.4. The molecule has 2 atom stereocenters. The third-order valence-electron chi connectivity index (χ3n) is 6.81. The van der Waals surface area contributed by atoms with Crippen molar-refractivity contribution >= 4 is 16.6 Å². The first-order valence-corrected chi connectivity index (χ1v) is 11.6. The van der Waals surface area contributed by atoms with E-state index >= 15 is 0 Å². The molecule has 2 saturated heterocycles. The van der Waals surface area contributed by atoms with Crippen molar-refractivity contribution in [1.29, 1.82) is 0 Å². The molecule has 170 valence electrons. The van der Waals surface area contributed by atoms with Crippen LogP contribution in [0.5, 0.6) is 5.75 Å². The fourth-order valence-corrected chi connectivity index (χ4v) is 4.81. The second-order valence-corrected chi connectivity index (χ2v) is 9.73. The summed E-state index contributed by atoms with van der Waals surface area (Å²) in [6.45, 7) is 5.26. The van der Waals surface area contributed by atoms with Gasteiger partial charge in [0.1, 0.15) is 11.4 Å². The van der Waals surface area contributed by atoms with Crippen LogP contribution in [0.4, 0.5) is 0 Å². The van der Waals surface area contributed by atoms with E-state index in [2.05, 4.69) is 52.0 Å². The molecule has 0 radical (unpaired) electrons. The molecule has 7 nitrogen and oxygen atoms in total. The number of nitrogens with zero attached hydrogens (tertiary/aromatic N) is 3. The van der Waals surface area contributed by atoms with Crippen LogP contribution in [0.1, 0.15) is 31.4 Å². The molecule has 2 aliphatic heterocycles. The zero-order valence-electron chi connectivity index (χ0n) is 18.8. The number of fused-ring (bicyclic) bond motifs is 2. The Hall–Kier alpha value is -3.00. The molecule has 2 unspecified atom stereocenters. The Labute approximate surface area is 192 Å². The second kappa shape index (κ2) is 8.09. The maximum Gasteiger partial charge on any atom is 0.140 e. The average molecular weight is 444 g/mol. The highest BCUT2D eigenvalue weighted by Gasteiger charge is 2.34. The van der Waals surface area contributed by atoms with Crippen molar-refractivity contribution < 1.29 is 9.47 Å². The molecule has 2 fully saturated rings. The van der Waals surface area contributed by atoms with Crippen LogP contribution in [0.15, 0.2) is 54.9 Å². The van der Waals surface area contributed by atoms with E-state index in [1.54, 1.807) is 0 Å². The third-order valence-corrected chi connectivity index (χ3v) is 6.81. The lowest BCUT2D eigenvalue weighted by Gasteiger charge is -2.37. The first-order chi connectivity index (χ1) is 16.1. The number of ether oxygens (including phenoxy) is 2. The van der Waals surface area contributed by atoms with Gasteiger partial charge in [-0.15, -0.1) is 0 Å². The SMILES string of the molecule is CC1(COc2ccn3c(-c4ccc5cccc(C6CC(N)CCN6)c5n4)cnc3c2)COC1. The Morgan fingerprint density at radius 1 is 1.24 bits per heavy atom. The molecule has 1 aromatic carbocycles. The van der Waals surface area contributed by atoms with Crippen molar-refractivity contribution in [3.63, 3.8) is 0 Å². The predicted octanol–water partition coefficient (Wildman–Crippen LogP) is 3.72. The lowest BCUT2D eigenvalue weighted by atomic mass is 9.90. The lowest BCUT2D eigenvalue weighted by Crippen LogP contribution is -2.44. The van der Waals surface area contributed by atoms with Crippen LogP contribution in [0.2, 0.25) is 0 Å². The van der Waals surface area contributed by atoms with E-state index in [1.807, 2.05) is 24.5 Å². The molecule has 0 aliphatic carbocycles. The van der Waals surface area contributed by atoms with Gasteiger partial charge in [-0.05, 0) is 37.1 Å². The van der Waals surface area contributed by atoms with Gasteiger partial charge in [-0.2, -0.15) is 0 Å². The number of pyridine rings is 2. The fraction of sp³-hybridized carbons (Fsp3) is 0.385. The van der Waals surface area contributed by atoms with Crippen molar-refractivity contribution in [3.8, 4) is 17.1 Å². The largest absolute Gasteiger partial charge is 0.493 e. The molecule has 2 aliphatic rings. The van der Waals surface area contributed by atoms with Crippen molar-refractivity contribution in [2.24, 2.45) is 11.1 Å². The van der Waals surface area contributed by atoms with E-state index in [9.17, 15) is 0 Å². The highest BCUT2D eigenvalue weighted by atomic mass is 16.5. The van der Waals surface area contributed by atoms with Gasteiger partial charge in [0.2, 0.25) is 0 Å². The molecule has 33 heavy (non-hydrogen) atoms. The minimum atomic E-state index is 0.108. The molecule has 0 amide bonds. The quantitative estimate of drug-likeness (QED) is 0.489. The van der Waals surface area contributed by atoms with E-state index in [4.69, 9.17) is 20.2 Å². The minimum Gasteiger partial charge on any atom is -0.493 e. The highest BCUT2D eigenvalue weighted by Crippen LogP contribution is 2.31. The standard InChI is InChI=1S/C26H29N5O2/c1-26(14-32-15-26)16-33-19-8-10-31-23(13-29-24(31)12-19)21-6-5-17-3-2-4-20(25(17)30-21)22-11-18(27)7-9-28-22/h2-6,8,10,12-13,18,22,28H,7,9,11,14-16,27H2,1H3. The predicted molar refractivity (Wildman–Crippen MR) is 128 cm³/mol. The summed E-state index contributed by atoms with van der Waals surface area (Å²) in [5, 5.41) is 4.75. The van der Waals surface area contributed by atoms with Crippen molar-refractivity contribution in [2.45, 2.75) is 31.8 Å². The molecule has 6 rings (SSSR count). The Bertz CT molecular complexity index is 1310. The van der Waals surface area contributed by atoms with E-state index in [0.717, 1.165) is 66.3 Å². The van der Waals surface area contributed by atoms with Gasteiger partial charge in [-0.3, -0.25) is 4.40 Å². The van der Waals surface area contributed by atoms with Gasteiger partial charge in [0.05, 0.1) is 42.9 Å². The molecule has 0 spiro atoms. The van der Waals surface area contributed by atoms with Crippen LogP contribution in [0.25, 0.3) is 27.9 Å². The Balaban J connectivity index is 1.33. The number of imidazole rings is 1. The third kappa shape index (κ3) is 3.86. The molecule has 0 bridgehead atoms. The van der Waals surface area contributed by atoms with Crippen molar-refractivity contribution in [1.82, 2.24) is 19.7 Å². The zero-order valence-corrected chi connectivity index (χ0v) is 18.8. The molecular formula is C26H29N5O2. The van der Waals surface area contributed by atoms with Gasteiger partial charge in [0.25, 0.3) is 0 Å². The summed E-state index contributed by atoms with van der Waals surface area (Å²) in [5.74, 6) is 0.821. The van der Waals surface area contributed by atoms with Gasteiger partial charge in [-0.25, -0.2) is 9.97 Å². The number of hydrogen-bond acceptors (Lipinski definition) is 6. The maximum absolute atomic E-state index is 6.26. The Morgan fingerprint density at radius 2 is 2.15 bits per heavy atom. The van der Waals surface area contributed by atoms with Crippen LogP contribution in [0.3, 0.4) is 0 Å². The van der Waals surface area contributed by atoms with E-state index in [1.165, 1.54) is 5.56 Å². The molecule has 5 heterocycles.